The number of aliphatic hydroxyl groups is 1. The van der Waals surface area contributed by atoms with Gasteiger partial charge >= 0.3 is 0 Å². The molecule has 0 aliphatic carbocycles. The highest BCUT2D eigenvalue weighted by Gasteiger charge is 2.16. The third-order valence-electron chi connectivity index (χ3n) is 5.45. The van der Waals surface area contributed by atoms with Crippen molar-refractivity contribution in [3.63, 3.8) is 0 Å². The minimum Gasteiger partial charge on any atom is -0.387 e. The summed E-state index contributed by atoms with van der Waals surface area (Å²) in [4.78, 5) is 11.9. The van der Waals surface area contributed by atoms with Crippen LogP contribution in [0.5, 0.6) is 0 Å². The van der Waals surface area contributed by atoms with E-state index in [1.165, 1.54) is 89.5 Å². The Kier molecular flexibility index (Phi) is 19.3. The zero-order chi connectivity index (χ0) is 20.2. The molecule has 0 aliphatic heterocycles. The lowest BCUT2D eigenvalue weighted by Gasteiger charge is -2.20. The highest BCUT2D eigenvalue weighted by atomic mass is 16.3. The van der Waals surface area contributed by atoms with Crippen LogP contribution in [0.15, 0.2) is 12.7 Å². The Balaban J connectivity index is 3.33. The number of carbonyl (C=O) groups is 1. The highest BCUT2D eigenvalue weighted by molar-refractivity contribution is 5.76. The van der Waals surface area contributed by atoms with E-state index >= 15 is 0 Å². The Hall–Kier alpha value is -0.830. The first-order chi connectivity index (χ1) is 13.2. The molecular weight excluding hydrogens is 334 g/mol. The van der Waals surface area contributed by atoms with Crippen molar-refractivity contribution in [1.29, 1.82) is 0 Å². The maximum Gasteiger partial charge on any atom is 0.220 e. The normalized spacial score (nSPS) is 13.3. The molecule has 0 bridgehead atoms. The van der Waals surface area contributed by atoms with Crippen molar-refractivity contribution in [2.45, 2.75) is 135 Å². The van der Waals surface area contributed by atoms with Gasteiger partial charge in [0.15, 0.2) is 0 Å². The quantitative estimate of drug-likeness (QED) is 0.182. The summed E-state index contributed by atoms with van der Waals surface area (Å²) >= 11 is 0. The summed E-state index contributed by atoms with van der Waals surface area (Å²) in [6, 6.07) is -0.202. The van der Waals surface area contributed by atoms with Gasteiger partial charge in [0.2, 0.25) is 5.91 Å². The first-order valence-corrected chi connectivity index (χ1v) is 11.8. The number of rotatable bonds is 20. The van der Waals surface area contributed by atoms with Crippen LogP contribution in [0.3, 0.4) is 0 Å². The molecule has 0 heterocycles. The van der Waals surface area contributed by atoms with Crippen molar-refractivity contribution in [1.82, 2.24) is 5.32 Å². The lowest BCUT2D eigenvalue weighted by atomic mass is 10.0. The molecule has 0 saturated carbocycles. The minimum atomic E-state index is -0.653. The molecule has 0 radical (unpaired) electrons. The average molecular weight is 382 g/mol. The van der Waals surface area contributed by atoms with Gasteiger partial charge in [-0.15, -0.1) is 6.58 Å². The van der Waals surface area contributed by atoms with E-state index in [0.717, 1.165) is 19.3 Å². The lowest BCUT2D eigenvalue weighted by molar-refractivity contribution is -0.122. The number of amides is 1. The summed E-state index contributed by atoms with van der Waals surface area (Å²) in [5.41, 5.74) is 0. The van der Waals surface area contributed by atoms with Crippen molar-refractivity contribution >= 4 is 5.91 Å². The van der Waals surface area contributed by atoms with Crippen molar-refractivity contribution in [2.75, 3.05) is 0 Å². The van der Waals surface area contributed by atoms with Gasteiger partial charge in [0, 0.05) is 6.42 Å². The second-order valence-electron chi connectivity index (χ2n) is 8.01. The first kappa shape index (κ1) is 26.2. The number of aliphatic hydroxyl groups excluding tert-OH is 1. The van der Waals surface area contributed by atoms with E-state index in [-0.39, 0.29) is 11.9 Å². The second-order valence-corrected chi connectivity index (χ2v) is 8.01. The lowest BCUT2D eigenvalue weighted by Crippen LogP contribution is -2.41. The molecule has 0 aliphatic rings. The van der Waals surface area contributed by atoms with Crippen molar-refractivity contribution in [3.05, 3.63) is 12.7 Å². The standard InChI is InChI=1S/C24H47NO2/c1-4-7-8-9-10-11-12-13-14-15-16-17-18-19-20-21-24(27)25-22(5-2)23(26)6-3/h6,22-23,26H,3-5,7-21H2,1-2H3,(H,25,27)/t22-,23+/m0/s1. The van der Waals surface area contributed by atoms with Gasteiger partial charge in [0.05, 0.1) is 12.1 Å². The molecular formula is C24H47NO2. The molecule has 0 saturated heterocycles. The predicted molar refractivity (Wildman–Crippen MR) is 118 cm³/mol. The fourth-order valence-corrected chi connectivity index (χ4v) is 3.53. The zero-order valence-corrected chi connectivity index (χ0v) is 18.3. The maximum atomic E-state index is 11.9. The Labute approximate surface area is 169 Å². The first-order valence-electron chi connectivity index (χ1n) is 11.8. The maximum absolute atomic E-state index is 11.9. The van der Waals surface area contributed by atoms with Gasteiger partial charge in [0.25, 0.3) is 0 Å². The Bertz CT molecular complexity index is 343. The number of carbonyl (C=O) groups excluding carboxylic acids is 1. The van der Waals surface area contributed by atoms with Gasteiger partial charge in [-0.2, -0.15) is 0 Å². The Morgan fingerprint density at radius 3 is 1.59 bits per heavy atom. The van der Waals surface area contributed by atoms with E-state index in [1.807, 2.05) is 6.92 Å². The molecule has 3 nitrogen and oxygen atoms in total. The van der Waals surface area contributed by atoms with Crippen LogP contribution in [-0.2, 0) is 4.79 Å². The van der Waals surface area contributed by atoms with Crippen LogP contribution in [0.1, 0.15) is 123 Å². The van der Waals surface area contributed by atoms with E-state index < -0.39 is 6.10 Å². The average Bonchev–Trinajstić information content (AvgIpc) is 2.68. The smallest absolute Gasteiger partial charge is 0.220 e. The highest BCUT2D eigenvalue weighted by Crippen LogP contribution is 2.13. The SMILES string of the molecule is C=C[C@@H](O)[C@H](CC)NC(=O)CCCCCCCCCCCCCCCCC. The van der Waals surface area contributed by atoms with Crippen LogP contribution in [0.25, 0.3) is 0 Å². The van der Waals surface area contributed by atoms with Crippen molar-refractivity contribution in [3.8, 4) is 0 Å². The molecule has 3 heteroatoms. The number of hydrogen-bond donors (Lipinski definition) is 2. The topological polar surface area (TPSA) is 49.3 Å². The summed E-state index contributed by atoms with van der Waals surface area (Å²) in [7, 11) is 0. The molecule has 27 heavy (non-hydrogen) atoms. The molecule has 0 fully saturated rings. The summed E-state index contributed by atoms with van der Waals surface area (Å²) in [5, 5.41) is 12.6. The van der Waals surface area contributed by atoms with E-state index in [1.54, 1.807) is 0 Å². The molecule has 0 aromatic heterocycles. The van der Waals surface area contributed by atoms with Crippen molar-refractivity contribution in [2.24, 2.45) is 0 Å². The van der Waals surface area contributed by atoms with Crippen LogP contribution < -0.4 is 5.32 Å². The fourth-order valence-electron chi connectivity index (χ4n) is 3.53. The molecule has 0 aromatic rings. The van der Waals surface area contributed by atoms with E-state index in [9.17, 15) is 9.90 Å². The van der Waals surface area contributed by atoms with E-state index in [4.69, 9.17) is 0 Å². The molecule has 0 aromatic carbocycles. The molecule has 0 spiro atoms. The second kappa shape index (κ2) is 19.9. The third-order valence-corrected chi connectivity index (χ3v) is 5.45. The summed E-state index contributed by atoms with van der Waals surface area (Å²) < 4.78 is 0. The van der Waals surface area contributed by atoms with E-state index in [0.29, 0.717) is 6.42 Å². The van der Waals surface area contributed by atoms with Gasteiger partial charge in [0.1, 0.15) is 0 Å². The molecule has 0 unspecified atom stereocenters. The van der Waals surface area contributed by atoms with Gasteiger partial charge < -0.3 is 10.4 Å². The van der Waals surface area contributed by atoms with Crippen LogP contribution in [-0.4, -0.2) is 23.2 Å². The van der Waals surface area contributed by atoms with Gasteiger partial charge in [-0.05, 0) is 12.8 Å². The molecule has 0 rings (SSSR count). The van der Waals surface area contributed by atoms with Crippen molar-refractivity contribution < 1.29 is 9.90 Å². The van der Waals surface area contributed by atoms with Crippen LogP contribution in [0.2, 0.25) is 0 Å². The van der Waals surface area contributed by atoms with Gasteiger partial charge in [-0.1, -0.05) is 110 Å². The van der Waals surface area contributed by atoms with Crippen LogP contribution >= 0.6 is 0 Å². The number of unbranched alkanes of at least 4 members (excludes halogenated alkanes) is 14. The Morgan fingerprint density at radius 1 is 0.815 bits per heavy atom. The molecule has 160 valence electrons. The van der Waals surface area contributed by atoms with Crippen LogP contribution in [0, 0.1) is 0 Å². The van der Waals surface area contributed by atoms with Gasteiger partial charge in [-0.25, -0.2) is 0 Å². The number of hydrogen-bond acceptors (Lipinski definition) is 2. The van der Waals surface area contributed by atoms with Gasteiger partial charge in [-0.3, -0.25) is 4.79 Å². The summed E-state index contributed by atoms with van der Waals surface area (Å²) in [6.45, 7) is 7.82. The molecule has 1 amide bonds. The van der Waals surface area contributed by atoms with E-state index in [2.05, 4.69) is 18.8 Å². The minimum absolute atomic E-state index is 0.0532. The number of nitrogens with one attached hydrogen (secondary N) is 1. The third kappa shape index (κ3) is 17.0. The summed E-state index contributed by atoms with van der Waals surface area (Å²) in [5.74, 6) is 0.0532. The zero-order valence-electron chi connectivity index (χ0n) is 18.3. The Morgan fingerprint density at radius 2 is 1.22 bits per heavy atom. The summed E-state index contributed by atoms with van der Waals surface area (Å²) in [6.07, 6.45) is 22.1. The predicted octanol–water partition coefficient (Wildman–Crippen LogP) is 6.69. The monoisotopic (exact) mass is 381 g/mol. The molecule has 2 atom stereocenters. The molecule has 2 N–H and O–H groups in total. The fraction of sp³-hybridized carbons (Fsp3) is 0.875. The van der Waals surface area contributed by atoms with Crippen LogP contribution in [0.4, 0.5) is 0 Å². The largest absolute Gasteiger partial charge is 0.387 e.